The molecule has 1 amide bonds. The van der Waals surface area contributed by atoms with Crippen LogP contribution in [0.15, 0.2) is 12.1 Å². The molecule has 2 N–H and O–H groups in total. The van der Waals surface area contributed by atoms with Gasteiger partial charge in [-0.2, -0.15) is 5.10 Å². The van der Waals surface area contributed by atoms with Crippen LogP contribution in [0.2, 0.25) is 0 Å². The highest BCUT2D eigenvalue weighted by atomic mass is 35.5. The van der Waals surface area contributed by atoms with Crippen LogP contribution in [-0.4, -0.2) is 48.8 Å². The summed E-state index contributed by atoms with van der Waals surface area (Å²) >= 11 is 0. The van der Waals surface area contributed by atoms with Crippen LogP contribution in [0.3, 0.4) is 0 Å². The van der Waals surface area contributed by atoms with Crippen LogP contribution >= 0.6 is 12.4 Å². The molecule has 0 bridgehead atoms. The Morgan fingerprint density at radius 1 is 1.27 bits per heavy atom. The number of hydrogen-bond acceptors (Lipinski definition) is 5. The van der Waals surface area contributed by atoms with E-state index in [1.807, 2.05) is 19.1 Å². The number of halogens is 1. The Balaban J connectivity index is 0.00000243. The number of aryl methyl sites for hydroxylation is 1. The van der Waals surface area contributed by atoms with Crippen molar-refractivity contribution in [2.45, 2.75) is 26.4 Å². The summed E-state index contributed by atoms with van der Waals surface area (Å²) in [6.07, 6.45) is 0.869. The zero-order valence-corrected chi connectivity index (χ0v) is 16.3. The Labute approximate surface area is 159 Å². The Bertz CT molecular complexity index is 791. The number of amides is 1. The summed E-state index contributed by atoms with van der Waals surface area (Å²) in [7, 11) is 5.01. The van der Waals surface area contributed by atoms with E-state index >= 15 is 0 Å². The van der Waals surface area contributed by atoms with E-state index in [1.54, 1.807) is 26.2 Å². The van der Waals surface area contributed by atoms with Crippen LogP contribution in [0, 0.1) is 6.92 Å². The second-order valence-electron chi connectivity index (χ2n) is 6.25. The minimum atomic E-state index is -0.0876. The Morgan fingerprint density at radius 3 is 2.65 bits per heavy atom. The second-order valence-corrected chi connectivity index (χ2v) is 6.25. The first-order chi connectivity index (χ1) is 12.0. The average molecular weight is 381 g/mol. The van der Waals surface area contributed by atoms with Crippen molar-refractivity contribution < 1.29 is 14.3 Å². The number of fused-ring (bicyclic) bond motifs is 1. The van der Waals surface area contributed by atoms with E-state index in [2.05, 4.69) is 15.5 Å². The van der Waals surface area contributed by atoms with Crippen LogP contribution in [0.1, 0.15) is 32.9 Å². The molecule has 3 rings (SSSR count). The SMILES string of the molecule is COc1cc(C)c(CN(C)C(=O)c2n[nH]c3c2CNCC3)cc1OC.Cl. The molecule has 1 aliphatic rings. The van der Waals surface area contributed by atoms with Crippen molar-refractivity contribution >= 4 is 18.3 Å². The van der Waals surface area contributed by atoms with Crippen LogP contribution < -0.4 is 14.8 Å². The fourth-order valence-electron chi connectivity index (χ4n) is 3.10. The van der Waals surface area contributed by atoms with Crippen molar-refractivity contribution in [2.24, 2.45) is 0 Å². The van der Waals surface area contributed by atoms with Gasteiger partial charge in [-0.05, 0) is 30.2 Å². The van der Waals surface area contributed by atoms with Gasteiger partial charge in [-0.3, -0.25) is 9.89 Å². The van der Waals surface area contributed by atoms with Crippen molar-refractivity contribution in [3.63, 3.8) is 0 Å². The Morgan fingerprint density at radius 2 is 1.96 bits per heavy atom. The van der Waals surface area contributed by atoms with E-state index in [1.165, 1.54) is 0 Å². The predicted molar refractivity (Wildman–Crippen MR) is 101 cm³/mol. The van der Waals surface area contributed by atoms with Gasteiger partial charge in [-0.25, -0.2) is 0 Å². The van der Waals surface area contributed by atoms with Gasteiger partial charge in [0, 0.05) is 44.4 Å². The number of rotatable bonds is 5. The van der Waals surface area contributed by atoms with Crippen LogP contribution in [0.25, 0.3) is 0 Å². The lowest BCUT2D eigenvalue weighted by Crippen LogP contribution is -2.30. The molecule has 0 fully saturated rings. The average Bonchev–Trinajstić information content (AvgIpc) is 3.06. The molecule has 0 saturated heterocycles. The molecule has 2 heterocycles. The molecule has 1 aliphatic heterocycles. The van der Waals surface area contributed by atoms with Gasteiger partial charge in [0.15, 0.2) is 17.2 Å². The molecule has 1 aromatic heterocycles. The van der Waals surface area contributed by atoms with Gasteiger partial charge in [-0.15, -0.1) is 12.4 Å². The summed E-state index contributed by atoms with van der Waals surface area (Å²) in [6, 6.07) is 3.84. The number of hydrogen-bond donors (Lipinski definition) is 2. The van der Waals surface area contributed by atoms with E-state index < -0.39 is 0 Å². The molecular formula is C18H25ClN4O3. The zero-order valence-electron chi connectivity index (χ0n) is 15.5. The highest BCUT2D eigenvalue weighted by Gasteiger charge is 2.24. The number of aromatic nitrogens is 2. The minimum Gasteiger partial charge on any atom is -0.493 e. The standard InChI is InChI=1S/C18H24N4O3.ClH/c1-11-7-15(24-3)16(25-4)8-12(11)10-22(2)18(23)17-13-9-19-6-5-14(13)20-21-17;/h7-8,19H,5-6,9-10H2,1-4H3,(H,20,21);1H. The maximum Gasteiger partial charge on any atom is 0.274 e. The van der Waals surface area contributed by atoms with E-state index in [0.717, 1.165) is 35.3 Å². The van der Waals surface area contributed by atoms with Gasteiger partial charge in [0.2, 0.25) is 0 Å². The van der Waals surface area contributed by atoms with Crippen LogP contribution in [-0.2, 0) is 19.5 Å². The maximum atomic E-state index is 12.8. The number of nitrogens with zero attached hydrogens (tertiary/aromatic N) is 2. The Hall–Kier alpha value is -2.25. The quantitative estimate of drug-likeness (QED) is 0.830. The highest BCUT2D eigenvalue weighted by molar-refractivity contribution is 5.93. The number of carbonyl (C=O) groups excluding carboxylic acids is 1. The van der Waals surface area contributed by atoms with Crippen molar-refractivity contribution in [3.8, 4) is 11.5 Å². The van der Waals surface area contributed by atoms with E-state index in [0.29, 0.717) is 30.3 Å². The maximum absolute atomic E-state index is 12.8. The number of benzene rings is 1. The molecule has 26 heavy (non-hydrogen) atoms. The van der Waals surface area contributed by atoms with E-state index in [-0.39, 0.29) is 18.3 Å². The normalized spacial score (nSPS) is 12.8. The van der Waals surface area contributed by atoms with Crippen molar-refractivity contribution in [1.82, 2.24) is 20.4 Å². The number of aromatic amines is 1. The molecule has 8 heteroatoms. The van der Waals surface area contributed by atoms with Gasteiger partial charge in [0.25, 0.3) is 5.91 Å². The molecule has 0 radical (unpaired) electrons. The van der Waals surface area contributed by atoms with E-state index in [4.69, 9.17) is 9.47 Å². The monoisotopic (exact) mass is 380 g/mol. The summed E-state index contributed by atoms with van der Waals surface area (Å²) in [6.45, 7) is 4.05. The lowest BCUT2D eigenvalue weighted by atomic mass is 10.1. The number of ether oxygens (including phenoxy) is 2. The number of H-pyrrole nitrogens is 1. The Kier molecular flexibility index (Phi) is 6.50. The fraction of sp³-hybridized carbons (Fsp3) is 0.444. The number of carbonyl (C=O) groups is 1. The van der Waals surface area contributed by atoms with Crippen molar-refractivity contribution in [3.05, 3.63) is 40.2 Å². The molecule has 0 unspecified atom stereocenters. The lowest BCUT2D eigenvalue weighted by molar-refractivity contribution is 0.0777. The largest absolute Gasteiger partial charge is 0.493 e. The van der Waals surface area contributed by atoms with E-state index in [9.17, 15) is 4.79 Å². The molecule has 142 valence electrons. The molecule has 2 aromatic rings. The zero-order chi connectivity index (χ0) is 18.0. The first kappa shape index (κ1) is 20.1. The highest BCUT2D eigenvalue weighted by Crippen LogP contribution is 2.31. The summed E-state index contributed by atoms with van der Waals surface area (Å²) < 4.78 is 10.7. The third kappa shape index (κ3) is 3.78. The summed E-state index contributed by atoms with van der Waals surface area (Å²) in [5.41, 5.74) is 4.59. The summed E-state index contributed by atoms with van der Waals surface area (Å²) in [4.78, 5) is 14.5. The van der Waals surface area contributed by atoms with Gasteiger partial charge in [0.1, 0.15) is 0 Å². The van der Waals surface area contributed by atoms with Crippen LogP contribution in [0.5, 0.6) is 11.5 Å². The summed E-state index contributed by atoms with van der Waals surface area (Å²) in [5, 5.41) is 10.5. The molecule has 0 atom stereocenters. The molecule has 0 saturated carbocycles. The van der Waals surface area contributed by atoms with Gasteiger partial charge in [0.05, 0.1) is 14.2 Å². The minimum absolute atomic E-state index is 0. The first-order valence-electron chi connectivity index (χ1n) is 8.29. The van der Waals surface area contributed by atoms with Gasteiger partial charge in [-0.1, -0.05) is 0 Å². The smallest absolute Gasteiger partial charge is 0.274 e. The fourth-order valence-corrected chi connectivity index (χ4v) is 3.10. The second kappa shape index (κ2) is 8.42. The van der Waals surface area contributed by atoms with Gasteiger partial charge < -0.3 is 19.7 Å². The number of methoxy groups -OCH3 is 2. The lowest BCUT2D eigenvalue weighted by Gasteiger charge is -2.20. The van der Waals surface area contributed by atoms with Gasteiger partial charge >= 0.3 is 0 Å². The molecule has 1 aromatic carbocycles. The molecular weight excluding hydrogens is 356 g/mol. The molecule has 0 aliphatic carbocycles. The van der Waals surface area contributed by atoms with Crippen molar-refractivity contribution in [2.75, 3.05) is 27.8 Å². The summed E-state index contributed by atoms with van der Waals surface area (Å²) in [5.74, 6) is 1.26. The third-order valence-corrected chi connectivity index (χ3v) is 4.61. The van der Waals surface area contributed by atoms with Crippen LogP contribution in [0.4, 0.5) is 0 Å². The van der Waals surface area contributed by atoms with Crippen molar-refractivity contribution in [1.29, 1.82) is 0 Å². The molecule has 7 nitrogen and oxygen atoms in total. The predicted octanol–water partition coefficient (Wildman–Crippen LogP) is 2.08. The molecule has 0 spiro atoms. The first-order valence-corrected chi connectivity index (χ1v) is 8.29. The topological polar surface area (TPSA) is 79.5 Å². The third-order valence-electron chi connectivity index (χ3n) is 4.61. The number of nitrogens with one attached hydrogen (secondary N) is 2.